The van der Waals surface area contributed by atoms with Crippen LogP contribution < -0.4 is 9.47 Å². The SMILES string of the molecule is C=[N+]1CCc2cc3c(cc2C1)OCO3. The Morgan fingerprint density at radius 3 is 2.64 bits per heavy atom. The van der Waals surface area contributed by atoms with Gasteiger partial charge < -0.3 is 9.47 Å². The van der Waals surface area contributed by atoms with Gasteiger partial charge in [0.25, 0.3) is 0 Å². The number of rotatable bonds is 0. The molecule has 0 saturated heterocycles. The number of fused-ring (bicyclic) bond motifs is 2. The number of hydrogen-bond donors (Lipinski definition) is 0. The molecule has 2 aliphatic heterocycles. The molecule has 3 nitrogen and oxygen atoms in total. The Morgan fingerprint density at radius 2 is 1.86 bits per heavy atom. The third-order valence-corrected chi connectivity index (χ3v) is 2.79. The monoisotopic (exact) mass is 190 g/mol. The number of benzene rings is 1. The summed E-state index contributed by atoms with van der Waals surface area (Å²) in [5.41, 5.74) is 2.68. The Bertz CT molecular complexity index is 412. The molecule has 0 spiro atoms. The fraction of sp³-hybridized carbons (Fsp3) is 0.364. The normalized spacial score (nSPS) is 18.1. The zero-order valence-corrected chi connectivity index (χ0v) is 7.95. The van der Waals surface area contributed by atoms with Crippen LogP contribution in [0.3, 0.4) is 0 Å². The van der Waals surface area contributed by atoms with Gasteiger partial charge in [0.15, 0.2) is 18.0 Å². The van der Waals surface area contributed by atoms with Gasteiger partial charge in [-0.25, -0.2) is 4.58 Å². The predicted molar refractivity (Wildman–Crippen MR) is 52.2 cm³/mol. The molecule has 0 amide bonds. The van der Waals surface area contributed by atoms with Crippen molar-refractivity contribution in [2.45, 2.75) is 13.0 Å². The summed E-state index contributed by atoms with van der Waals surface area (Å²) < 4.78 is 12.8. The second-order valence-corrected chi connectivity index (χ2v) is 3.78. The quantitative estimate of drug-likeness (QED) is 0.573. The minimum Gasteiger partial charge on any atom is -0.454 e. The standard InChI is InChI=1S/C11H12NO2/c1-12-3-2-8-4-10-11(14-7-13-10)5-9(8)6-12/h4-5H,1-3,6-7H2/q+1. The van der Waals surface area contributed by atoms with Gasteiger partial charge in [0.2, 0.25) is 6.79 Å². The first kappa shape index (κ1) is 7.85. The van der Waals surface area contributed by atoms with Crippen LogP contribution >= 0.6 is 0 Å². The zero-order chi connectivity index (χ0) is 9.54. The molecule has 0 fully saturated rings. The fourth-order valence-electron chi connectivity index (χ4n) is 2.00. The molecule has 0 aromatic heterocycles. The lowest BCUT2D eigenvalue weighted by Gasteiger charge is -2.14. The van der Waals surface area contributed by atoms with Crippen LogP contribution in [0.1, 0.15) is 11.1 Å². The average Bonchev–Trinajstić information content (AvgIpc) is 2.61. The van der Waals surface area contributed by atoms with Crippen LogP contribution in [0.4, 0.5) is 0 Å². The van der Waals surface area contributed by atoms with Gasteiger partial charge in [0, 0.05) is 12.0 Å². The van der Waals surface area contributed by atoms with E-state index < -0.39 is 0 Å². The van der Waals surface area contributed by atoms with Crippen molar-refractivity contribution in [2.75, 3.05) is 13.3 Å². The topological polar surface area (TPSA) is 21.5 Å². The van der Waals surface area contributed by atoms with Crippen molar-refractivity contribution >= 4 is 6.72 Å². The lowest BCUT2D eigenvalue weighted by Crippen LogP contribution is -2.20. The van der Waals surface area contributed by atoms with Gasteiger partial charge >= 0.3 is 0 Å². The predicted octanol–water partition coefficient (Wildman–Crippen LogP) is 1.18. The summed E-state index contributed by atoms with van der Waals surface area (Å²) in [5, 5.41) is 0. The summed E-state index contributed by atoms with van der Waals surface area (Å²) in [6, 6.07) is 4.18. The van der Waals surface area contributed by atoms with Crippen molar-refractivity contribution in [3.63, 3.8) is 0 Å². The van der Waals surface area contributed by atoms with Crippen molar-refractivity contribution in [1.29, 1.82) is 0 Å². The van der Waals surface area contributed by atoms with Gasteiger partial charge in [0.05, 0.1) is 0 Å². The average molecular weight is 190 g/mol. The number of nitrogens with zero attached hydrogens (tertiary/aromatic N) is 1. The van der Waals surface area contributed by atoms with Crippen molar-refractivity contribution in [3.8, 4) is 11.5 Å². The maximum Gasteiger partial charge on any atom is 0.231 e. The Kier molecular flexibility index (Phi) is 1.54. The highest BCUT2D eigenvalue weighted by Gasteiger charge is 2.22. The smallest absolute Gasteiger partial charge is 0.231 e. The Labute approximate surface area is 82.6 Å². The third kappa shape index (κ3) is 1.09. The van der Waals surface area contributed by atoms with E-state index >= 15 is 0 Å². The van der Waals surface area contributed by atoms with E-state index in [1.54, 1.807) is 0 Å². The molecule has 3 rings (SSSR count). The molecule has 2 heterocycles. The van der Waals surface area contributed by atoms with Crippen LogP contribution in [0.15, 0.2) is 12.1 Å². The van der Waals surface area contributed by atoms with E-state index in [1.165, 1.54) is 11.1 Å². The minimum absolute atomic E-state index is 0.353. The summed E-state index contributed by atoms with van der Waals surface area (Å²) in [6.07, 6.45) is 1.05. The molecule has 14 heavy (non-hydrogen) atoms. The summed E-state index contributed by atoms with van der Waals surface area (Å²) in [7, 11) is 0. The minimum atomic E-state index is 0.353. The largest absolute Gasteiger partial charge is 0.454 e. The molecular weight excluding hydrogens is 178 g/mol. The second-order valence-electron chi connectivity index (χ2n) is 3.78. The van der Waals surface area contributed by atoms with Crippen molar-refractivity contribution < 1.29 is 14.0 Å². The van der Waals surface area contributed by atoms with Gasteiger partial charge in [-0.3, -0.25) is 0 Å². The van der Waals surface area contributed by atoms with E-state index in [-0.39, 0.29) is 0 Å². The van der Waals surface area contributed by atoms with Gasteiger partial charge in [-0.15, -0.1) is 0 Å². The van der Waals surface area contributed by atoms with E-state index in [1.807, 2.05) is 0 Å². The molecule has 0 unspecified atom stereocenters. The Hall–Kier alpha value is -1.51. The fourth-order valence-corrected chi connectivity index (χ4v) is 2.00. The number of hydrogen-bond acceptors (Lipinski definition) is 2. The molecule has 0 N–H and O–H groups in total. The van der Waals surface area contributed by atoms with Crippen LogP contribution in [0.25, 0.3) is 0 Å². The van der Waals surface area contributed by atoms with E-state index in [9.17, 15) is 0 Å². The summed E-state index contributed by atoms with van der Waals surface area (Å²) in [5.74, 6) is 1.76. The zero-order valence-electron chi connectivity index (χ0n) is 7.95. The van der Waals surface area contributed by atoms with Gasteiger partial charge in [0.1, 0.15) is 13.3 Å². The maximum atomic E-state index is 5.34. The molecule has 0 aliphatic carbocycles. The second kappa shape index (κ2) is 2.74. The van der Waals surface area contributed by atoms with Crippen LogP contribution in [-0.2, 0) is 13.0 Å². The van der Waals surface area contributed by atoms with E-state index in [2.05, 4.69) is 23.4 Å². The van der Waals surface area contributed by atoms with Crippen molar-refractivity contribution in [1.82, 2.24) is 0 Å². The highest BCUT2D eigenvalue weighted by molar-refractivity contribution is 5.49. The molecule has 2 aliphatic rings. The molecule has 72 valence electrons. The first-order valence-electron chi connectivity index (χ1n) is 4.80. The molecular formula is C11H12NO2+. The molecule has 1 aromatic carbocycles. The van der Waals surface area contributed by atoms with Gasteiger partial charge in [-0.2, -0.15) is 0 Å². The number of ether oxygens (including phenoxy) is 2. The summed E-state index contributed by atoms with van der Waals surface area (Å²) in [4.78, 5) is 0. The van der Waals surface area contributed by atoms with E-state index in [0.29, 0.717) is 6.79 Å². The lowest BCUT2D eigenvalue weighted by molar-refractivity contribution is -0.539. The molecule has 0 radical (unpaired) electrons. The first-order valence-corrected chi connectivity index (χ1v) is 4.80. The van der Waals surface area contributed by atoms with E-state index in [0.717, 1.165) is 31.0 Å². The molecule has 0 bridgehead atoms. The maximum absolute atomic E-state index is 5.34. The highest BCUT2D eigenvalue weighted by atomic mass is 16.7. The van der Waals surface area contributed by atoms with Gasteiger partial charge in [-0.05, 0) is 17.7 Å². The van der Waals surface area contributed by atoms with Crippen LogP contribution in [0.2, 0.25) is 0 Å². The molecule has 0 atom stereocenters. The van der Waals surface area contributed by atoms with Crippen molar-refractivity contribution in [3.05, 3.63) is 23.3 Å². The highest BCUT2D eigenvalue weighted by Crippen LogP contribution is 2.36. The molecule has 3 heteroatoms. The summed E-state index contributed by atoms with van der Waals surface area (Å²) in [6.45, 7) is 6.23. The third-order valence-electron chi connectivity index (χ3n) is 2.79. The van der Waals surface area contributed by atoms with Crippen molar-refractivity contribution in [2.24, 2.45) is 0 Å². The molecule has 0 saturated carbocycles. The summed E-state index contributed by atoms with van der Waals surface area (Å²) >= 11 is 0. The van der Waals surface area contributed by atoms with Gasteiger partial charge in [-0.1, -0.05) is 0 Å². The Balaban J connectivity index is 2.10. The van der Waals surface area contributed by atoms with Crippen LogP contribution in [0, 0.1) is 0 Å². The molecule has 1 aromatic rings. The van der Waals surface area contributed by atoms with Crippen LogP contribution in [0.5, 0.6) is 11.5 Å². The lowest BCUT2D eigenvalue weighted by atomic mass is 10.00. The first-order chi connectivity index (χ1) is 6.83. The van der Waals surface area contributed by atoms with Crippen LogP contribution in [-0.4, -0.2) is 24.6 Å². The Morgan fingerprint density at radius 1 is 1.14 bits per heavy atom. The van der Waals surface area contributed by atoms with E-state index in [4.69, 9.17) is 9.47 Å².